The number of hydrogen-bond acceptors (Lipinski definition) is 6. The molecule has 0 fully saturated rings. The lowest BCUT2D eigenvalue weighted by Crippen LogP contribution is -2.14. The Bertz CT molecular complexity index is 1250. The molecule has 32 heavy (non-hydrogen) atoms. The molecule has 0 aliphatic rings. The summed E-state index contributed by atoms with van der Waals surface area (Å²) in [6.07, 6.45) is 1.71. The molecular formula is C24H25N7O. The third kappa shape index (κ3) is 5.46. The zero-order valence-corrected chi connectivity index (χ0v) is 18.5. The van der Waals surface area contributed by atoms with E-state index in [9.17, 15) is 10.1 Å². The number of allylic oxidation sites excluding steroid dienone is 1. The van der Waals surface area contributed by atoms with E-state index in [1.165, 1.54) is 4.68 Å². The van der Waals surface area contributed by atoms with Gasteiger partial charge >= 0.3 is 0 Å². The Morgan fingerprint density at radius 3 is 2.31 bits per heavy atom. The standard InChI is InChI=1S/C24H25N7O/c1-17(15-25)22(28-26-16-24(2,3)4)29-27-21-20(18-11-7-5-8-12-18)30-31(23(21)32)19-13-9-6-10-14-19/h5-14,16,28,30H,1-4H3/b22-17-,26-16+,29-27?. The number of benzene rings is 2. The van der Waals surface area contributed by atoms with Gasteiger partial charge in [0.15, 0.2) is 11.5 Å². The molecule has 1 heterocycles. The lowest BCUT2D eigenvalue weighted by molar-refractivity contribution is 0.600. The summed E-state index contributed by atoms with van der Waals surface area (Å²) in [6.45, 7) is 7.60. The second kappa shape index (κ2) is 9.71. The van der Waals surface area contributed by atoms with Crippen molar-refractivity contribution in [1.29, 1.82) is 5.26 Å². The summed E-state index contributed by atoms with van der Waals surface area (Å²) in [5.74, 6) is 0.166. The summed E-state index contributed by atoms with van der Waals surface area (Å²) in [5.41, 5.74) is 4.66. The Hall–Kier alpha value is -4.25. The van der Waals surface area contributed by atoms with Crippen molar-refractivity contribution in [1.82, 2.24) is 15.2 Å². The van der Waals surface area contributed by atoms with E-state index in [1.54, 1.807) is 13.1 Å². The normalized spacial score (nSPS) is 12.7. The van der Waals surface area contributed by atoms with Crippen molar-refractivity contribution in [2.45, 2.75) is 27.7 Å². The van der Waals surface area contributed by atoms with Gasteiger partial charge in [-0.3, -0.25) is 15.3 Å². The van der Waals surface area contributed by atoms with Gasteiger partial charge in [0.05, 0.1) is 23.0 Å². The van der Waals surface area contributed by atoms with Crippen LogP contribution in [0.5, 0.6) is 0 Å². The predicted molar refractivity (Wildman–Crippen MR) is 126 cm³/mol. The molecule has 0 aliphatic heterocycles. The van der Waals surface area contributed by atoms with Crippen LogP contribution in [0.2, 0.25) is 0 Å². The molecule has 1 aromatic heterocycles. The summed E-state index contributed by atoms with van der Waals surface area (Å²) in [5, 5.41) is 25.0. The second-order valence-electron chi connectivity index (χ2n) is 8.20. The minimum atomic E-state index is -0.356. The van der Waals surface area contributed by atoms with Crippen LogP contribution in [0.3, 0.4) is 0 Å². The van der Waals surface area contributed by atoms with E-state index in [-0.39, 0.29) is 22.5 Å². The number of aromatic amines is 1. The predicted octanol–water partition coefficient (Wildman–Crippen LogP) is 5.29. The summed E-state index contributed by atoms with van der Waals surface area (Å²) in [7, 11) is 0. The fourth-order valence-corrected chi connectivity index (χ4v) is 2.71. The van der Waals surface area contributed by atoms with Gasteiger partial charge in [0, 0.05) is 11.8 Å². The third-order valence-electron chi connectivity index (χ3n) is 4.34. The molecule has 0 aliphatic carbocycles. The first-order valence-corrected chi connectivity index (χ1v) is 10.1. The van der Waals surface area contributed by atoms with E-state index < -0.39 is 0 Å². The first-order valence-electron chi connectivity index (χ1n) is 10.1. The van der Waals surface area contributed by atoms with Crippen molar-refractivity contribution >= 4 is 11.9 Å². The fraction of sp³-hybridized carbons (Fsp3) is 0.208. The van der Waals surface area contributed by atoms with Crippen molar-refractivity contribution in [3.8, 4) is 23.0 Å². The molecule has 8 nitrogen and oxygen atoms in total. The SMILES string of the molecule is C/C(C#N)=C(/N=Nc1c(-c2ccccc2)[nH]n(-c2ccccc2)c1=O)N/N=C/C(C)(C)C. The smallest absolute Gasteiger partial charge is 0.288 e. The molecule has 8 heteroatoms. The van der Waals surface area contributed by atoms with Crippen molar-refractivity contribution in [2.75, 3.05) is 0 Å². The zero-order valence-electron chi connectivity index (χ0n) is 18.5. The van der Waals surface area contributed by atoms with E-state index >= 15 is 0 Å². The third-order valence-corrected chi connectivity index (χ3v) is 4.34. The Morgan fingerprint density at radius 2 is 1.72 bits per heavy atom. The number of azo groups is 1. The highest BCUT2D eigenvalue weighted by Gasteiger charge is 2.17. The van der Waals surface area contributed by atoms with Crippen molar-refractivity contribution in [2.24, 2.45) is 20.7 Å². The van der Waals surface area contributed by atoms with Crippen LogP contribution < -0.4 is 11.0 Å². The minimum absolute atomic E-state index is 0.130. The van der Waals surface area contributed by atoms with Crippen molar-refractivity contribution < 1.29 is 0 Å². The van der Waals surface area contributed by atoms with Crippen LogP contribution in [-0.4, -0.2) is 16.0 Å². The van der Waals surface area contributed by atoms with Crippen LogP contribution >= 0.6 is 0 Å². The number of nitrogens with zero attached hydrogens (tertiary/aromatic N) is 5. The molecule has 2 aromatic carbocycles. The second-order valence-corrected chi connectivity index (χ2v) is 8.20. The number of nitrogens with one attached hydrogen (secondary N) is 2. The van der Waals surface area contributed by atoms with E-state index in [2.05, 4.69) is 25.9 Å². The average Bonchev–Trinajstić information content (AvgIpc) is 3.12. The Labute approximate surface area is 186 Å². The van der Waals surface area contributed by atoms with Crippen LogP contribution in [0.15, 0.2) is 92.2 Å². The molecule has 0 radical (unpaired) electrons. The van der Waals surface area contributed by atoms with Crippen molar-refractivity contribution in [3.05, 3.63) is 82.4 Å². The lowest BCUT2D eigenvalue weighted by atomic mass is 9.99. The number of aromatic nitrogens is 2. The van der Waals surface area contributed by atoms with Crippen LogP contribution in [0, 0.1) is 16.7 Å². The highest BCUT2D eigenvalue weighted by Crippen LogP contribution is 2.27. The van der Waals surface area contributed by atoms with Crippen LogP contribution in [-0.2, 0) is 0 Å². The van der Waals surface area contributed by atoms with Crippen molar-refractivity contribution in [3.63, 3.8) is 0 Å². The highest BCUT2D eigenvalue weighted by atomic mass is 16.1. The lowest BCUT2D eigenvalue weighted by Gasteiger charge is -2.10. The van der Waals surface area contributed by atoms with Gasteiger partial charge in [-0.05, 0) is 24.5 Å². The molecule has 3 rings (SSSR count). The average molecular weight is 428 g/mol. The number of hydrazone groups is 1. The Morgan fingerprint density at radius 1 is 1.09 bits per heavy atom. The van der Waals surface area contributed by atoms with Gasteiger partial charge in [-0.25, -0.2) is 4.68 Å². The molecule has 3 aromatic rings. The van der Waals surface area contributed by atoms with E-state index in [4.69, 9.17) is 0 Å². The van der Waals surface area contributed by atoms with Crippen LogP contribution in [0.1, 0.15) is 27.7 Å². The number of H-pyrrole nitrogens is 1. The first kappa shape index (κ1) is 22.4. The van der Waals surface area contributed by atoms with Gasteiger partial charge in [-0.15, -0.1) is 10.2 Å². The minimum Gasteiger partial charge on any atom is -0.288 e. The topological polar surface area (TPSA) is 111 Å². The number of para-hydroxylation sites is 1. The van der Waals surface area contributed by atoms with Gasteiger partial charge in [-0.1, -0.05) is 69.3 Å². The monoisotopic (exact) mass is 427 g/mol. The molecule has 0 bridgehead atoms. The van der Waals surface area contributed by atoms with Gasteiger partial charge in [0.2, 0.25) is 0 Å². The molecular weight excluding hydrogens is 402 g/mol. The molecule has 0 atom stereocenters. The van der Waals surface area contributed by atoms with Gasteiger partial charge < -0.3 is 0 Å². The van der Waals surface area contributed by atoms with Gasteiger partial charge in [-0.2, -0.15) is 10.4 Å². The Balaban J connectivity index is 2.08. The van der Waals surface area contributed by atoms with Gasteiger partial charge in [0.25, 0.3) is 5.56 Å². The van der Waals surface area contributed by atoms with Gasteiger partial charge in [0.1, 0.15) is 0 Å². The Kier molecular flexibility index (Phi) is 6.80. The number of nitriles is 1. The van der Waals surface area contributed by atoms with E-state index in [1.807, 2.05) is 87.5 Å². The molecule has 162 valence electrons. The maximum Gasteiger partial charge on any atom is 0.299 e. The summed E-state index contributed by atoms with van der Waals surface area (Å²) in [6, 6.07) is 20.7. The largest absolute Gasteiger partial charge is 0.299 e. The van der Waals surface area contributed by atoms with E-state index in [0.29, 0.717) is 17.0 Å². The molecule has 0 spiro atoms. The molecule has 0 amide bonds. The first-order chi connectivity index (χ1) is 15.3. The maximum absolute atomic E-state index is 13.2. The molecule has 0 saturated carbocycles. The van der Waals surface area contributed by atoms with E-state index in [0.717, 1.165) is 5.56 Å². The molecule has 0 saturated heterocycles. The zero-order chi connectivity index (χ0) is 23.1. The highest BCUT2D eigenvalue weighted by molar-refractivity contribution is 5.71. The number of hydrogen-bond donors (Lipinski definition) is 2. The fourth-order valence-electron chi connectivity index (χ4n) is 2.71. The van der Waals surface area contributed by atoms with Crippen LogP contribution in [0.25, 0.3) is 16.9 Å². The maximum atomic E-state index is 13.2. The molecule has 0 unspecified atom stereocenters. The summed E-state index contributed by atoms with van der Waals surface area (Å²) < 4.78 is 1.42. The number of rotatable bonds is 6. The summed E-state index contributed by atoms with van der Waals surface area (Å²) >= 11 is 0. The quantitative estimate of drug-likeness (QED) is 0.241. The summed E-state index contributed by atoms with van der Waals surface area (Å²) in [4.78, 5) is 13.2. The van der Waals surface area contributed by atoms with Crippen LogP contribution in [0.4, 0.5) is 5.69 Å². The molecule has 2 N–H and O–H groups in total.